The van der Waals surface area contributed by atoms with E-state index in [0.717, 1.165) is 11.3 Å². The summed E-state index contributed by atoms with van der Waals surface area (Å²) in [5.74, 6) is 0.787. The van der Waals surface area contributed by atoms with Crippen molar-refractivity contribution in [1.82, 2.24) is 9.62 Å². The van der Waals surface area contributed by atoms with Crippen LogP contribution in [0.15, 0.2) is 18.2 Å². The van der Waals surface area contributed by atoms with Gasteiger partial charge in [0.1, 0.15) is 5.75 Å². The van der Waals surface area contributed by atoms with Gasteiger partial charge in [-0.2, -0.15) is 0 Å². The molecule has 1 N–H and O–H groups in total. The molecule has 0 saturated carbocycles. The van der Waals surface area contributed by atoms with Crippen molar-refractivity contribution in [3.05, 3.63) is 28.8 Å². The van der Waals surface area contributed by atoms with Gasteiger partial charge >= 0.3 is 0 Å². The van der Waals surface area contributed by atoms with Crippen molar-refractivity contribution in [2.75, 3.05) is 33.5 Å². The highest BCUT2D eigenvalue weighted by Crippen LogP contribution is 2.22. The van der Waals surface area contributed by atoms with Crippen LogP contribution in [0.5, 0.6) is 5.75 Å². The Hall–Kier alpha value is -0.820. The lowest BCUT2D eigenvalue weighted by Crippen LogP contribution is -2.31. The van der Waals surface area contributed by atoms with E-state index < -0.39 is 10.0 Å². The average molecular weight is 307 g/mol. The van der Waals surface area contributed by atoms with E-state index in [1.54, 1.807) is 25.3 Å². The summed E-state index contributed by atoms with van der Waals surface area (Å²) < 4.78 is 29.5. The molecule has 0 saturated heterocycles. The maximum Gasteiger partial charge on any atom is 0.214 e. The molecular weight excluding hydrogens is 288 g/mol. The molecule has 1 rings (SSSR count). The molecule has 0 unspecified atom stereocenters. The lowest BCUT2D eigenvalue weighted by atomic mass is 10.2. The van der Waals surface area contributed by atoms with Crippen molar-refractivity contribution in [1.29, 1.82) is 0 Å². The number of nitrogens with zero attached hydrogens (tertiary/aromatic N) is 1. The zero-order valence-corrected chi connectivity index (χ0v) is 12.9. The van der Waals surface area contributed by atoms with Crippen LogP contribution in [0.25, 0.3) is 0 Å². The van der Waals surface area contributed by atoms with E-state index in [0.29, 0.717) is 18.1 Å². The van der Waals surface area contributed by atoms with Crippen molar-refractivity contribution in [2.45, 2.75) is 6.54 Å². The number of hydrogen-bond donors (Lipinski definition) is 1. The van der Waals surface area contributed by atoms with Gasteiger partial charge in [-0.05, 0) is 18.2 Å². The summed E-state index contributed by atoms with van der Waals surface area (Å²) in [4.78, 5) is 0. The second kappa shape index (κ2) is 7.09. The van der Waals surface area contributed by atoms with Gasteiger partial charge in [-0.25, -0.2) is 12.7 Å². The van der Waals surface area contributed by atoms with E-state index in [1.807, 2.05) is 0 Å². The van der Waals surface area contributed by atoms with Gasteiger partial charge in [-0.3, -0.25) is 0 Å². The highest BCUT2D eigenvalue weighted by Gasteiger charge is 2.12. The Morgan fingerprint density at radius 1 is 1.37 bits per heavy atom. The Bertz CT molecular complexity index is 518. The standard InChI is InChI=1S/C12H19ClN2O3S/c1-15(2)19(16,17)7-6-14-9-10-8-11(13)4-5-12(10)18-3/h4-5,8,14H,6-7,9H2,1-3H3. The monoisotopic (exact) mass is 306 g/mol. The molecule has 0 radical (unpaired) electrons. The predicted molar refractivity (Wildman–Crippen MR) is 77.2 cm³/mol. The second-order valence-corrected chi connectivity index (χ2v) is 6.97. The van der Waals surface area contributed by atoms with Gasteiger partial charge in [-0.15, -0.1) is 0 Å². The quantitative estimate of drug-likeness (QED) is 0.772. The van der Waals surface area contributed by atoms with Gasteiger partial charge in [0.2, 0.25) is 10.0 Å². The van der Waals surface area contributed by atoms with E-state index in [9.17, 15) is 8.42 Å². The summed E-state index contributed by atoms with van der Waals surface area (Å²) >= 11 is 5.91. The van der Waals surface area contributed by atoms with E-state index >= 15 is 0 Å². The van der Waals surface area contributed by atoms with Crippen LogP contribution in [-0.2, 0) is 16.6 Å². The minimum atomic E-state index is -3.16. The van der Waals surface area contributed by atoms with Gasteiger partial charge in [0.15, 0.2) is 0 Å². The molecule has 19 heavy (non-hydrogen) atoms. The molecule has 7 heteroatoms. The lowest BCUT2D eigenvalue weighted by molar-refractivity contribution is 0.408. The van der Waals surface area contributed by atoms with Crippen LogP contribution < -0.4 is 10.1 Å². The smallest absolute Gasteiger partial charge is 0.214 e. The predicted octanol–water partition coefficient (Wildman–Crippen LogP) is 1.33. The molecule has 0 heterocycles. The van der Waals surface area contributed by atoms with Crippen LogP contribution >= 0.6 is 11.6 Å². The zero-order chi connectivity index (χ0) is 14.5. The van der Waals surface area contributed by atoms with Gasteiger partial charge in [0.05, 0.1) is 12.9 Å². The molecule has 0 aliphatic carbocycles. The third kappa shape index (κ3) is 4.99. The van der Waals surface area contributed by atoms with Crippen LogP contribution in [0, 0.1) is 0 Å². The number of rotatable bonds is 7. The summed E-state index contributed by atoms with van der Waals surface area (Å²) in [5, 5.41) is 3.69. The average Bonchev–Trinajstić information content (AvgIpc) is 2.34. The summed E-state index contributed by atoms with van der Waals surface area (Å²) in [6, 6.07) is 5.34. The summed E-state index contributed by atoms with van der Waals surface area (Å²) in [6.07, 6.45) is 0. The van der Waals surface area contributed by atoms with Gasteiger partial charge in [0, 0.05) is 37.8 Å². The maximum atomic E-state index is 11.6. The summed E-state index contributed by atoms with van der Waals surface area (Å²) in [5.41, 5.74) is 0.900. The number of hydrogen-bond acceptors (Lipinski definition) is 4. The van der Waals surface area contributed by atoms with Crippen LogP contribution in [0.4, 0.5) is 0 Å². The molecule has 1 aromatic carbocycles. The summed E-state index contributed by atoms with van der Waals surface area (Å²) in [7, 11) is 1.47. The Labute approximate surface area is 119 Å². The van der Waals surface area contributed by atoms with E-state index in [4.69, 9.17) is 16.3 Å². The van der Waals surface area contributed by atoms with E-state index in [2.05, 4.69) is 5.32 Å². The van der Waals surface area contributed by atoms with Crippen molar-refractivity contribution in [3.8, 4) is 5.75 Å². The second-order valence-electron chi connectivity index (χ2n) is 4.23. The molecule has 108 valence electrons. The SMILES string of the molecule is COc1ccc(Cl)cc1CNCCS(=O)(=O)N(C)C. The van der Waals surface area contributed by atoms with Crippen molar-refractivity contribution < 1.29 is 13.2 Å². The third-order valence-electron chi connectivity index (χ3n) is 2.65. The van der Waals surface area contributed by atoms with Gasteiger partial charge in [0.25, 0.3) is 0 Å². The minimum Gasteiger partial charge on any atom is -0.496 e. The number of halogens is 1. The summed E-state index contributed by atoms with van der Waals surface area (Å²) in [6.45, 7) is 0.878. The maximum absolute atomic E-state index is 11.6. The topological polar surface area (TPSA) is 58.6 Å². The lowest BCUT2D eigenvalue weighted by Gasteiger charge is -2.13. The molecule has 5 nitrogen and oxygen atoms in total. The van der Waals surface area contributed by atoms with Crippen molar-refractivity contribution in [3.63, 3.8) is 0 Å². The van der Waals surface area contributed by atoms with Crippen molar-refractivity contribution >= 4 is 21.6 Å². The molecular formula is C12H19ClN2O3S. The zero-order valence-electron chi connectivity index (χ0n) is 11.3. The number of methoxy groups -OCH3 is 1. The Kier molecular flexibility index (Phi) is 6.06. The number of ether oxygens (including phenoxy) is 1. The highest BCUT2D eigenvalue weighted by atomic mass is 35.5. The number of benzene rings is 1. The normalized spacial score (nSPS) is 11.8. The first kappa shape index (κ1) is 16.2. The molecule has 0 aliphatic rings. The first-order valence-electron chi connectivity index (χ1n) is 5.80. The Morgan fingerprint density at radius 3 is 2.63 bits per heavy atom. The molecule has 0 amide bonds. The fourth-order valence-corrected chi connectivity index (χ4v) is 2.45. The molecule has 1 aromatic rings. The largest absolute Gasteiger partial charge is 0.496 e. The first-order chi connectivity index (χ1) is 8.86. The number of nitrogens with one attached hydrogen (secondary N) is 1. The van der Waals surface area contributed by atoms with Crippen LogP contribution in [0.3, 0.4) is 0 Å². The van der Waals surface area contributed by atoms with Crippen LogP contribution in [0.1, 0.15) is 5.56 Å². The van der Waals surface area contributed by atoms with Crippen LogP contribution in [0.2, 0.25) is 5.02 Å². The Morgan fingerprint density at radius 2 is 2.05 bits per heavy atom. The van der Waals surface area contributed by atoms with Gasteiger partial charge in [-0.1, -0.05) is 11.6 Å². The molecule has 0 aliphatic heterocycles. The Balaban J connectivity index is 2.52. The number of sulfonamides is 1. The molecule has 0 fully saturated rings. The molecule has 0 atom stereocenters. The molecule has 0 bridgehead atoms. The fraction of sp³-hybridized carbons (Fsp3) is 0.500. The molecule has 0 spiro atoms. The third-order valence-corrected chi connectivity index (χ3v) is 4.72. The van der Waals surface area contributed by atoms with Crippen LogP contribution in [-0.4, -0.2) is 46.2 Å². The molecule has 0 aromatic heterocycles. The van der Waals surface area contributed by atoms with E-state index in [-0.39, 0.29) is 5.75 Å². The minimum absolute atomic E-state index is 0.0584. The van der Waals surface area contributed by atoms with Gasteiger partial charge < -0.3 is 10.1 Å². The highest BCUT2D eigenvalue weighted by molar-refractivity contribution is 7.89. The fourth-order valence-electron chi connectivity index (χ4n) is 1.49. The van der Waals surface area contributed by atoms with E-state index in [1.165, 1.54) is 18.4 Å². The first-order valence-corrected chi connectivity index (χ1v) is 7.79. The van der Waals surface area contributed by atoms with Crippen molar-refractivity contribution in [2.24, 2.45) is 0 Å².